The smallest absolute Gasteiger partial charge is 0.173 e. The minimum atomic E-state index is 0.145. The minimum Gasteiger partial charge on any atom is -0.293 e. The molecule has 0 spiro atoms. The van der Waals surface area contributed by atoms with E-state index in [2.05, 4.69) is 9.36 Å². The van der Waals surface area contributed by atoms with Crippen LogP contribution in [0, 0.1) is 6.92 Å². The van der Waals surface area contributed by atoms with Crippen molar-refractivity contribution in [3.8, 4) is 0 Å². The molecule has 0 radical (unpaired) electrons. The van der Waals surface area contributed by atoms with Crippen molar-refractivity contribution in [1.82, 2.24) is 9.36 Å². The Kier molecular flexibility index (Phi) is 4.49. The van der Waals surface area contributed by atoms with E-state index in [1.807, 2.05) is 38.1 Å². The fraction of sp³-hybridized carbons (Fsp3) is 0.308. The topological polar surface area (TPSA) is 42.9 Å². The van der Waals surface area contributed by atoms with Gasteiger partial charge in [0.1, 0.15) is 5.82 Å². The molecule has 0 amide bonds. The zero-order valence-corrected chi connectivity index (χ0v) is 12.0. The molecule has 0 N–H and O–H groups in total. The monoisotopic (exact) mass is 278 g/mol. The number of carbonyl (C=O) groups is 1. The largest absolute Gasteiger partial charge is 0.293 e. The van der Waals surface area contributed by atoms with Gasteiger partial charge in [0.05, 0.1) is 5.75 Å². The maximum absolute atomic E-state index is 12.1. The summed E-state index contributed by atoms with van der Waals surface area (Å²) in [6.07, 6.45) is 0.836. The summed E-state index contributed by atoms with van der Waals surface area (Å²) in [6, 6.07) is 7.66. The van der Waals surface area contributed by atoms with Crippen molar-refractivity contribution in [3.63, 3.8) is 0 Å². The second-order valence-corrected chi connectivity index (χ2v) is 5.83. The van der Waals surface area contributed by atoms with E-state index in [9.17, 15) is 4.79 Å². The zero-order chi connectivity index (χ0) is 13.0. The average Bonchev–Trinajstić information content (AvgIpc) is 2.84. The summed E-state index contributed by atoms with van der Waals surface area (Å²) in [7, 11) is 0. The third-order valence-electron chi connectivity index (χ3n) is 2.54. The number of carbonyl (C=O) groups excluding carboxylic acids is 1. The van der Waals surface area contributed by atoms with Gasteiger partial charge in [-0.15, -0.1) is 0 Å². The van der Waals surface area contributed by atoms with Crippen LogP contribution < -0.4 is 0 Å². The lowest BCUT2D eigenvalue weighted by Crippen LogP contribution is -2.04. The Labute approximate surface area is 115 Å². The molecule has 0 saturated heterocycles. The van der Waals surface area contributed by atoms with E-state index in [1.54, 1.807) is 0 Å². The van der Waals surface area contributed by atoms with Crippen molar-refractivity contribution in [1.29, 1.82) is 0 Å². The van der Waals surface area contributed by atoms with Gasteiger partial charge in [0.2, 0.25) is 0 Å². The van der Waals surface area contributed by atoms with Gasteiger partial charge in [-0.1, -0.05) is 43.0 Å². The molecule has 1 aromatic heterocycles. The summed E-state index contributed by atoms with van der Waals surface area (Å²) in [5, 5.41) is 0. The van der Waals surface area contributed by atoms with Gasteiger partial charge in [0.25, 0.3) is 0 Å². The molecule has 0 fully saturated rings. The minimum absolute atomic E-state index is 0.145. The van der Waals surface area contributed by atoms with Crippen molar-refractivity contribution in [2.24, 2.45) is 0 Å². The summed E-state index contributed by atoms with van der Waals surface area (Å²) < 4.78 is 5.07. The summed E-state index contributed by atoms with van der Waals surface area (Å²) in [5.41, 5.74) is 1.82. The SMILES string of the molecule is CCc1nsc(SCC(=O)c2ccccc2C)n1. The number of ketones is 1. The first-order valence-electron chi connectivity index (χ1n) is 5.75. The summed E-state index contributed by atoms with van der Waals surface area (Å²) in [6.45, 7) is 3.98. The average molecular weight is 278 g/mol. The molecular formula is C13H14N2OS2. The second-order valence-electron chi connectivity index (χ2n) is 3.86. The Morgan fingerprint density at radius 2 is 2.17 bits per heavy atom. The lowest BCUT2D eigenvalue weighted by molar-refractivity contribution is 0.102. The van der Waals surface area contributed by atoms with E-state index in [-0.39, 0.29) is 5.78 Å². The maximum atomic E-state index is 12.1. The lowest BCUT2D eigenvalue weighted by Gasteiger charge is -2.02. The number of thioether (sulfide) groups is 1. The fourth-order valence-electron chi connectivity index (χ4n) is 1.53. The lowest BCUT2D eigenvalue weighted by atomic mass is 10.1. The van der Waals surface area contributed by atoms with E-state index in [4.69, 9.17) is 0 Å². The molecule has 0 saturated carbocycles. The number of aryl methyl sites for hydroxylation is 2. The highest BCUT2D eigenvalue weighted by Gasteiger charge is 2.11. The fourth-order valence-corrected chi connectivity index (χ4v) is 3.11. The van der Waals surface area contributed by atoms with Crippen LogP contribution in [0.3, 0.4) is 0 Å². The van der Waals surface area contributed by atoms with Gasteiger partial charge < -0.3 is 0 Å². The molecule has 1 aromatic carbocycles. The van der Waals surface area contributed by atoms with Crippen molar-refractivity contribution in [2.45, 2.75) is 24.6 Å². The number of hydrogen-bond donors (Lipinski definition) is 0. The Bertz CT molecular complexity index is 551. The second kappa shape index (κ2) is 6.11. The predicted molar refractivity (Wildman–Crippen MR) is 75.5 cm³/mol. The molecule has 3 nitrogen and oxygen atoms in total. The molecule has 18 heavy (non-hydrogen) atoms. The molecule has 1 heterocycles. The highest BCUT2D eigenvalue weighted by molar-refractivity contribution is 8.01. The molecule has 0 unspecified atom stereocenters. The van der Waals surface area contributed by atoms with Crippen molar-refractivity contribution in [3.05, 3.63) is 41.2 Å². The summed E-state index contributed by atoms with van der Waals surface area (Å²) >= 11 is 2.83. The van der Waals surface area contributed by atoms with E-state index in [0.717, 1.165) is 27.7 Å². The zero-order valence-electron chi connectivity index (χ0n) is 10.3. The van der Waals surface area contributed by atoms with E-state index < -0.39 is 0 Å². The van der Waals surface area contributed by atoms with Crippen LogP contribution in [0.25, 0.3) is 0 Å². The highest BCUT2D eigenvalue weighted by atomic mass is 32.2. The first-order chi connectivity index (χ1) is 8.70. The highest BCUT2D eigenvalue weighted by Crippen LogP contribution is 2.22. The first-order valence-corrected chi connectivity index (χ1v) is 7.51. The Morgan fingerprint density at radius 1 is 1.39 bits per heavy atom. The van der Waals surface area contributed by atoms with Crippen LogP contribution in [0.4, 0.5) is 0 Å². The molecule has 0 aliphatic heterocycles. The Balaban J connectivity index is 1.98. The number of hydrogen-bond acceptors (Lipinski definition) is 5. The van der Waals surface area contributed by atoms with Crippen LogP contribution in [-0.4, -0.2) is 20.9 Å². The molecule has 2 rings (SSSR count). The number of nitrogens with zero attached hydrogens (tertiary/aromatic N) is 2. The van der Waals surface area contributed by atoms with Crippen molar-refractivity contribution in [2.75, 3.05) is 5.75 Å². The van der Waals surface area contributed by atoms with Crippen molar-refractivity contribution < 1.29 is 4.79 Å². The quantitative estimate of drug-likeness (QED) is 0.621. The van der Waals surface area contributed by atoms with Gasteiger partial charge in [-0.05, 0) is 24.0 Å². The van der Waals surface area contributed by atoms with Crippen LogP contribution in [0.2, 0.25) is 0 Å². The number of rotatable bonds is 5. The van der Waals surface area contributed by atoms with Gasteiger partial charge in [0.15, 0.2) is 10.1 Å². The van der Waals surface area contributed by atoms with Gasteiger partial charge in [-0.3, -0.25) is 4.79 Å². The first kappa shape index (κ1) is 13.2. The van der Waals surface area contributed by atoms with Crippen LogP contribution in [0.5, 0.6) is 0 Å². The van der Waals surface area contributed by atoms with Gasteiger partial charge in [0, 0.05) is 12.0 Å². The van der Waals surface area contributed by atoms with Crippen LogP contribution >= 0.6 is 23.3 Å². The molecule has 0 aliphatic rings. The predicted octanol–water partition coefficient (Wildman–Crippen LogP) is 3.38. The van der Waals surface area contributed by atoms with Gasteiger partial charge >= 0.3 is 0 Å². The van der Waals surface area contributed by atoms with Crippen LogP contribution in [0.1, 0.15) is 28.7 Å². The number of benzene rings is 1. The maximum Gasteiger partial charge on any atom is 0.173 e. The number of aromatic nitrogens is 2. The van der Waals surface area contributed by atoms with E-state index in [1.165, 1.54) is 23.3 Å². The summed E-state index contributed by atoms with van der Waals surface area (Å²) in [5.74, 6) is 1.42. The normalized spacial score (nSPS) is 10.6. The van der Waals surface area contributed by atoms with Crippen LogP contribution in [-0.2, 0) is 6.42 Å². The molecule has 2 aromatic rings. The molecule has 0 bridgehead atoms. The van der Waals surface area contributed by atoms with E-state index >= 15 is 0 Å². The Morgan fingerprint density at radius 3 is 2.83 bits per heavy atom. The van der Waals surface area contributed by atoms with Crippen molar-refractivity contribution >= 4 is 29.1 Å². The van der Waals surface area contributed by atoms with Gasteiger partial charge in [-0.2, -0.15) is 4.37 Å². The summed E-state index contributed by atoms with van der Waals surface area (Å²) in [4.78, 5) is 16.4. The molecule has 0 aliphatic carbocycles. The third-order valence-corrected chi connectivity index (χ3v) is 4.41. The molecular weight excluding hydrogens is 264 g/mol. The molecule has 94 valence electrons. The standard InChI is InChI=1S/C13H14N2OS2/c1-3-12-14-13(18-15-12)17-8-11(16)10-7-5-4-6-9(10)2/h4-7H,3,8H2,1-2H3. The molecule has 0 atom stereocenters. The van der Waals surface area contributed by atoms with Crippen LogP contribution in [0.15, 0.2) is 28.6 Å². The third kappa shape index (κ3) is 3.17. The van der Waals surface area contributed by atoms with Gasteiger partial charge in [-0.25, -0.2) is 4.98 Å². The number of Topliss-reactive ketones (excluding diaryl/α,β-unsaturated/α-hetero) is 1. The van der Waals surface area contributed by atoms with E-state index in [0.29, 0.717) is 5.75 Å². The molecule has 5 heteroatoms. The Hall–Kier alpha value is -1.20.